The summed E-state index contributed by atoms with van der Waals surface area (Å²) in [5.41, 5.74) is 6.59. The molecule has 20 heavy (non-hydrogen) atoms. The fraction of sp³-hybridized carbons (Fsp3) is 0.625. The van der Waals surface area contributed by atoms with Gasteiger partial charge in [0.2, 0.25) is 5.91 Å². The van der Waals surface area contributed by atoms with Crippen molar-refractivity contribution in [2.45, 2.75) is 46.1 Å². The van der Waals surface area contributed by atoms with E-state index in [2.05, 4.69) is 18.8 Å². The zero-order valence-electron chi connectivity index (χ0n) is 12.9. The van der Waals surface area contributed by atoms with Crippen LogP contribution < -0.4 is 5.73 Å². The fourth-order valence-corrected chi connectivity index (χ4v) is 2.83. The predicted molar refractivity (Wildman–Crippen MR) is 82.0 cm³/mol. The molecule has 0 atom stereocenters. The van der Waals surface area contributed by atoms with Crippen LogP contribution in [0.3, 0.4) is 0 Å². The molecule has 0 aliphatic heterocycles. The lowest BCUT2D eigenvalue weighted by Gasteiger charge is -2.34. The monoisotopic (exact) mass is 277 g/mol. The zero-order chi connectivity index (χ0) is 15.0. The number of aromatic nitrogens is 1. The van der Waals surface area contributed by atoms with Gasteiger partial charge in [-0.1, -0.05) is 32.8 Å². The molecule has 0 spiro atoms. The quantitative estimate of drug-likeness (QED) is 0.794. The molecule has 112 valence electrons. The van der Waals surface area contributed by atoms with Crippen molar-refractivity contribution in [2.24, 2.45) is 11.1 Å². The number of nitrogens with zero attached hydrogens (tertiary/aromatic N) is 2. The van der Waals surface area contributed by atoms with Gasteiger partial charge in [-0.25, -0.2) is 0 Å². The van der Waals surface area contributed by atoms with Crippen LogP contribution in [0.1, 0.15) is 45.1 Å². The molecule has 0 saturated carbocycles. The van der Waals surface area contributed by atoms with E-state index in [1.165, 1.54) is 0 Å². The number of nitrogens with two attached hydrogens (primary N) is 1. The first-order valence-corrected chi connectivity index (χ1v) is 7.44. The predicted octanol–water partition coefficient (Wildman–Crippen LogP) is 2.59. The van der Waals surface area contributed by atoms with E-state index in [1.807, 2.05) is 19.2 Å². The van der Waals surface area contributed by atoms with Gasteiger partial charge in [0, 0.05) is 32.5 Å². The Morgan fingerprint density at radius 2 is 2.00 bits per heavy atom. The van der Waals surface area contributed by atoms with Gasteiger partial charge < -0.3 is 10.6 Å². The van der Waals surface area contributed by atoms with E-state index in [1.54, 1.807) is 17.3 Å². The smallest absolute Gasteiger partial charge is 0.230 e. The van der Waals surface area contributed by atoms with Crippen molar-refractivity contribution >= 4 is 5.91 Å². The minimum Gasteiger partial charge on any atom is -0.341 e. The van der Waals surface area contributed by atoms with E-state index in [9.17, 15) is 4.79 Å². The molecule has 0 radical (unpaired) electrons. The Bertz CT molecular complexity index is 399. The number of rotatable bonds is 8. The van der Waals surface area contributed by atoms with E-state index in [4.69, 9.17) is 5.73 Å². The van der Waals surface area contributed by atoms with E-state index in [-0.39, 0.29) is 5.91 Å². The lowest BCUT2D eigenvalue weighted by Crippen LogP contribution is -2.46. The molecule has 0 bridgehead atoms. The summed E-state index contributed by atoms with van der Waals surface area (Å²) >= 11 is 0. The van der Waals surface area contributed by atoms with Gasteiger partial charge in [-0.05, 0) is 24.5 Å². The Balaban J connectivity index is 2.82. The molecule has 0 aromatic carbocycles. The SMILES string of the molecule is CCCC(CN)(CCC)C(=O)N(C)Cc1cccnc1. The summed E-state index contributed by atoms with van der Waals surface area (Å²) < 4.78 is 0. The molecule has 1 aromatic rings. The van der Waals surface area contributed by atoms with Crippen molar-refractivity contribution in [3.05, 3.63) is 30.1 Å². The number of carbonyl (C=O) groups excluding carboxylic acids is 1. The summed E-state index contributed by atoms with van der Waals surface area (Å²) in [5, 5.41) is 0. The Hall–Kier alpha value is -1.42. The summed E-state index contributed by atoms with van der Waals surface area (Å²) in [7, 11) is 1.85. The highest BCUT2D eigenvalue weighted by molar-refractivity contribution is 5.82. The van der Waals surface area contributed by atoms with Gasteiger partial charge in [-0.2, -0.15) is 0 Å². The Morgan fingerprint density at radius 1 is 1.35 bits per heavy atom. The third-order valence-corrected chi connectivity index (χ3v) is 3.79. The van der Waals surface area contributed by atoms with Crippen LogP contribution in [0.2, 0.25) is 0 Å². The van der Waals surface area contributed by atoms with Crippen molar-refractivity contribution < 1.29 is 4.79 Å². The molecular weight excluding hydrogens is 250 g/mol. The van der Waals surface area contributed by atoms with Gasteiger partial charge in [-0.15, -0.1) is 0 Å². The van der Waals surface area contributed by atoms with Gasteiger partial charge in [0.05, 0.1) is 5.41 Å². The van der Waals surface area contributed by atoms with Crippen LogP contribution in [-0.2, 0) is 11.3 Å². The second kappa shape index (κ2) is 8.00. The van der Waals surface area contributed by atoms with Crippen molar-refractivity contribution in [3.63, 3.8) is 0 Å². The molecule has 4 heteroatoms. The summed E-state index contributed by atoms with van der Waals surface area (Å²) in [4.78, 5) is 18.7. The minimum absolute atomic E-state index is 0.160. The average Bonchev–Trinajstić information content (AvgIpc) is 2.47. The van der Waals surface area contributed by atoms with Crippen LogP contribution in [0.5, 0.6) is 0 Å². The maximum atomic E-state index is 12.8. The van der Waals surface area contributed by atoms with Crippen LogP contribution in [0.15, 0.2) is 24.5 Å². The number of hydrogen-bond donors (Lipinski definition) is 1. The number of amides is 1. The van der Waals surface area contributed by atoms with Crippen molar-refractivity contribution in [2.75, 3.05) is 13.6 Å². The molecule has 0 saturated heterocycles. The second-order valence-corrected chi connectivity index (χ2v) is 5.51. The molecule has 0 fully saturated rings. The Kier molecular flexibility index (Phi) is 6.65. The molecule has 0 aliphatic carbocycles. The number of hydrogen-bond acceptors (Lipinski definition) is 3. The first-order chi connectivity index (χ1) is 9.59. The standard InChI is InChI=1S/C16H27N3O/c1-4-8-16(13-17,9-5-2)15(20)19(3)12-14-7-6-10-18-11-14/h6-7,10-11H,4-5,8-9,12-13,17H2,1-3H3. The molecule has 0 unspecified atom stereocenters. The van der Waals surface area contributed by atoms with Gasteiger partial charge in [-0.3, -0.25) is 9.78 Å². The van der Waals surface area contributed by atoms with Crippen LogP contribution in [0, 0.1) is 5.41 Å². The maximum absolute atomic E-state index is 12.8. The van der Waals surface area contributed by atoms with Crippen molar-refractivity contribution in [3.8, 4) is 0 Å². The molecule has 1 heterocycles. The number of carbonyl (C=O) groups is 1. The van der Waals surface area contributed by atoms with E-state index < -0.39 is 5.41 Å². The van der Waals surface area contributed by atoms with E-state index in [0.29, 0.717) is 13.1 Å². The molecule has 4 nitrogen and oxygen atoms in total. The molecule has 0 aliphatic rings. The summed E-state index contributed by atoms with van der Waals surface area (Å²) in [6.07, 6.45) is 7.20. The molecule has 1 rings (SSSR count). The first kappa shape index (κ1) is 16.6. The first-order valence-electron chi connectivity index (χ1n) is 7.44. The van der Waals surface area contributed by atoms with E-state index in [0.717, 1.165) is 31.2 Å². The third kappa shape index (κ3) is 4.04. The summed E-state index contributed by atoms with van der Waals surface area (Å²) in [6, 6.07) is 3.88. The average molecular weight is 277 g/mol. The van der Waals surface area contributed by atoms with Crippen LogP contribution in [-0.4, -0.2) is 29.4 Å². The fourth-order valence-electron chi connectivity index (χ4n) is 2.83. The molecular formula is C16H27N3O. The largest absolute Gasteiger partial charge is 0.341 e. The zero-order valence-corrected chi connectivity index (χ0v) is 12.9. The topological polar surface area (TPSA) is 59.2 Å². The van der Waals surface area contributed by atoms with Gasteiger partial charge in [0.15, 0.2) is 0 Å². The van der Waals surface area contributed by atoms with Crippen LogP contribution in [0.4, 0.5) is 0 Å². The summed E-state index contributed by atoms with van der Waals surface area (Å²) in [5.74, 6) is 0.160. The van der Waals surface area contributed by atoms with Crippen LogP contribution >= 0.6 is 0 Å². The highest BCUT2D eigenvalue weighted by Crippen LogP contribution is 2.31. The highest BCUT2D eigenvalue weighted by Gasteiger charge is 2.37. The van der Waals surface area contributed by atoms with Gasteiger partial charge in [0.25, 0.3) is 0 Å². The Labute approximate surface area is 122 Å². The van der Waals surface area contributed by atoms with Crippen molar-refractivity contribution in [1.82, 2.24) is 9.88 Å². The molecule has 1 aromatic heterocycles. The third-order valence-electron chi connectivity index (χ3n) is 3.79. The minimum atomic E-state index is -0.402. The maximum Gasteiger partial charge on any atom is 0.230 e. The van der Waals surface area contributed by atoms with Gasteiger partial charge in [0.1, 0.15) is 0 Å². The van der Waals surface area contributed by atoms with Gasteiger partial charge >= 0.3 is 0 Å². The lowest BCUT2D eigenvalue weighted by atomic mass is 9.78. The Morgan fingerprint density at radius 3 is 2.45 bits per heavy atom. The normalized spacial score (nSPS) is 11.4. The second-order valence-electron chi connectivity index (χ2n) is 5.51. The molecule has 1 amide bonds. The number of pyridine rings is 1. The van der Waals surface area contributed by atoms with Crippen LogP contribution in [0.25, 0.3) is 0 Å². The lowest BCUT2D eigenvalue weighted by molar-refractivity contribution is -0.142. The molecule has 2 N–H and O–H groups in total. The summed E-state index contributed by atoms with van der Waals surface area (Å²) in [6.45, 7) is 5.22. The highest BCUT2D eigenvalue weighted by atomic mass is 16.2. The van der Waals surface area contributed by atoms with E-state index >= 15 is 0 Å². The van der Waals surface area contributed by atoms with Crippen molar-refractivity contribution in [1.29, 1.82) is 0 Å².